The van der Waals surface area contributed by atoms with Crippen LogP contribution in [-0.2, 0) is 14.3 Å². The number of ether oxygens (including phenoxy) is 1. The number of hydrogen-bond donors (Lipinski definition) is 3. The van der Waals surface area contributed by atoms with E-state index in [1.165, 1.54) is 302 Å². The average molecular weight is 1100 g/mol. The van der Waals surface area contributed by atoms with Gasteiger partial charge in [-0.3, -0.25) is 9.59 Å². The minimum absolute atomic E-state index is 0.0137. The Morgan fingerprint density at radius 1 is 0.359 bits per heavy atom. The van der Waals surface area contributed by atoms with Crippen LogP contribution >= 0.6 is 0 Å². The lowest BCUT2D eigenvalue weighted by Gasteiger charge is -2.22. The molecule has 0 aromatic heterocycles. The second kappa shape index (κ2) is 67.6. The summed E-state index contributed by atoms with van der Waals surface area (Å²) in [6, 6.07) is -0.539. The van der Waals surface area contributed by atoms with E-state index >= 15 is 0 Å². The SMILES string of the molecule is CCCCC/C=C\C/C=C\CCCCCCCCCCCC(=O)OCCCCCCCCCCCCCC/C=C\CCCCCCCCCCCCCCCCC(=O)NC(CO)C(O)CCCCCCCCCCCCCC. The number of carbonyl (C=O) groups is 2. The van der Waals surface area contributed by atoms with Gasteiger partial charge >= 0.3 is 5.97 Å². The summed E-state index contributed by atoms with van der Waals surface area (Å²) in [5.41, 5.74) is 0. The fraction of sp³-hybridized carbons (Fsp3) is 0.889. The van der Waals surface area contributed by atoms with E-state index < -0.39 is 12.1 Å². The molecule has 6 heteroatoms. The van der Waals surface area contributed by atoms with Crippen LogP contribution in [0.1, 0.15) is 386 Å². The summed E-state index contributed by atoms with van der Waals surface area (Å²) in [7, 11) is 0. The number of rotatable bonds is 66. The van der Waals surface area contributed by atoms with Gasteiger partial charge < -0.3 is 20.3 Å². The molecule has 3 N–H and O–H groups in total. The van der Waals surface area contributed by atoms with Crippen molar-refractivity contribution in [2.24, 2.45) is 0 Å². The summed E-state index contributed by atoms with van der Waals surface area (Å²) < 4.78 is 5.51. The smallest absolute Gasteiger partial charge is 0.305 e. The van der Waals surface area contributed by atoms with E-state index in [2.05, 4.69) is 55.6 Å². The van der Waals surface area contributed by atoms with Crippen molar-refractivity contribution in [1.29, 1.82) is 0 Å². The third kappa shape index (κ3) is 63.3. The van der Waals surface area contributed by atoms with Crippen LogP contribution in [0.2, 0.25) is 0 Å². The van der Waals surface area contributed by atoms with E-state index in [1.807, 2.05) is 0 Å². The number of esters is 1. The number of unbranched alkanes of at least 4 members (excludes halogenated alkanes) is 49. The number of allylic oxidation sites excluding steroid dienone is 6. The van der Waals surface area contributed by atoms with Crippen molar-refractivity contribution in [3.8, 4) is 0 Å². The van der Waals surface area contributed by atoms with Crippen molar-refractivity contribution in [3.05, 3.63) is 36.5 Å². The van der Waals surface area contributed by atoms with Gasteiger partial charge in [-0.15, -0.1) is 0 Å². The Labute approximate surface area is 487 Å². The van der Waals surface area contributed by atoms with Gasteiger partial charge in [0.25, 0.3) is 0 Å². The van der Waals surface area contributed by atoms with Crippen molar-refractivity contribution in [2.45, 2.75) is 398 Å². The number of nitrogens with one attached hydrogen (secondary N) is 1. The first-order valence-corrected chi connectivity index (χ1v) is 35.2. The van der Waals surface area contributed by atoms with E-state index in [9.17, 15) is 19.8 Å². The number of hydrogen-bond acceptors (Lipinski definition) is 5. The van der Waals surface area contributed by atoms with Gasteiger partial charge in [0.1, 0.15) is 0 Å². The summed E-state index contributed by atoms with van der Waals surface area (Å²) in [6.07, 6.45) is 86.3. The van der Waals surface area contributed by atoms with Gasteiger partial charge in [-0.2, -0.15) is 0 Å². The largest absolute Gasteiger partial charge is 0.466 e. The Balaban J connectivity index is 3.34. The molecule has 2 atom stereocenters. The molecule has 0 bridgehead atoms. The van der Waals surface area contributed by atoms with E-state index in [4.69, 9.17) is 4.74 Å². The highest BCUT2D eigenvalue weighted by atomic mass is 16.5. The van der Waals surface area contributed by atoms with Crippen LogP contribution in [0.15, 0.2) is 36.5 Å². The van der Waals surface area contributed by atoms with Gasteiger partial charge in [-0.05, 0) is 83.5 Å². The zero-order valence-corrected chi connectivity index (χ0v) is 52.7. The molecule has 0 saturated carbocycles. The van der Waals surface area contributed by atoms with Gasteiger partial charge in [0.05, 0.1) is 25.4 Å². The molecule has 0 aliphatic carbocycles. The molecule has 1 amide bonds. The molecule has 0 aliphatic rings. The second-order valence-corrected chi connectivity index (χ2v) is 24.2. The fourth-order valence-electron chi connectivity index (χ4n) is 11.0. The number of aliphatic hydroxyl groups excluding tert-OH is 2. The van der Waals surface area contributed by atoms with E-state index in [1.54, 1.807) is 0 Å². The second-order valence-electron chi connectivity index (χ2n) is 24.2. The monoisotopic (exact) mass is 1100 g/mol. The maximum atomic E-state index is 12.5. The molecule has 2 unspecified atom stereocenters. The standard InChI is InChI=1S/C72H137NO5/c1-3-5-7-9-11-13-15-17-18-19-32-36-39-42-46-50-54-58-62-66-72(77)78-67-63-59-55-51-47-43-40-37-34-31-29-27-25-23-21-20-22-24-26-28-30-33-35-38-41-45-49-53-57-61-65-71(76)73-69(68-74)70(75)64-60-56-52-48-44-16-14-12-10-8-6-4-2/h11,13,17-18,21,23,69-70,74-75H,3-10,12,14-16,19-20,22,24-68H2,1-2H3,(H,73,76)/b13-11-,18-17-,23-21-. The van der Waals surface area contributed by atoms with Gasteiger partial charge in [0.15, 0.2) is 0 Å². The van der Waals surface area contributed by atoms with Crippen LogP contribution in [0.25, 0.3) is 0 Å². The summed E-state index contributed by atoms with van der Waals surface area (Å²) in [5, 5.41) is 23.3. The van der Waals surface area contributed by atoms with Crippen molar-refractivity contribution >= 4 is 11.9 Å². The molecule has 6 nitrogen and oxygen atoms in total. The van der Waals surface area contributed by atoms with E-state index in [0.717, 1.165) is 51.4 Å². The lowest BCUT2D eigenvalue weighted by atomic mass is 10.0. The van der Waals surface area contributed by atoms with Crippen LogP contribution in [0.4, 0.5) is 0 Å². The fourth-order valence-corrected chi connectivity index (χ4v) is 11.0. The third-order valence-electron chi connectivity index (χ3n) is 16.4. The minimum Gasteiger partial charge on any atom is -0.466 e. The van der Waals surface area contributed by atoms with Crippen LogP contribution in [0.5, 0.6) is 0 Å². The predicted molar refractivity (Wildman–Crippen MR) is 343 cm³/mol. The molecule has 0 aliphatic heterocycles. The normalized spacial score (nSPS) is 12.7. The topological polar surface area (TPSA) is 95.9 Å². The average Bonchev–Trinajstić information content (AvgIpc) is 3.44. The number of aliphatic hydroxyl groups is 2. The van der Waals surface area contributed by atoms with Crippen molar-refractivity contribution < 1.29 is 24.5 Å². The first kappa shape index (κ1) is 76.1. The molecule has 0 fully saturated rings. The molecule has 0 heterocycles. The zero-order chi connectivity index (χ0) is 56.4. The minimum atomic E-state index is -0.662. The first-order valence-electron chi connectivity index (χ1n) is 35.2. The molecular formula is C72H137NO5. The number of carbonyl (C=O) groups excluding carboxylic acids is 2. The van der Waals surface area contributed by atoms with Gasteiger partial charge in [-0.1, -0.05) is 326 Å². The highest BCUT2D eigenvalue weighted by molar-refractivity contribution is 5.76. The van der Waals surface area contributed by atoms with Crippen molar-refractivity contribution in [3.63, 3.8) is 0 Å². The van der Waals surface area contributed by atoms with Gasteiger partial charge in [0, 0.05) is 12.8 Å². The Kier molecular flexibility index (Phi) is 65.9. The van der Waals surface area contributed by atoms with E-state index in [-0.39, 0.29) is 18.5 Å². The lowest BCUT2D eigenvalue weighted by molar-refractivity contribution is -0.143. The quantitative estimate of drug-likeness (QED) is 0.0320. The molecule has 0 saturated heterocycles. The molecule has 78 heavy (non-hydrogen) atoms. The predicted octanol–water partition coefficient (Wildman–Crippen LogP) is 22.7. The molecule has 0 rings (SSSR count). The van der Waals surface area contributed by atoms with Crippen LogP contribution in [0.3, 0.4) is 0 Å². The zero-order valence-electron chi connectivity index (χ0n) is 52.7. The van der Waals surface area contributed by atoms with E-state index in [0.29, 0.717) is 25.9 Å². The molecular weight excluding hydrogens is 959 g/mol. The first-order chi connectivity index (χ1) is 38.5. The number of amides is 1. The Morgan fingerprint density at radius 2 is 0.641 bits per heavy atom. The van der Waals surface area contributed by atoms with Gasteiger partial charge in [-0.25, -0.2) is 0 Å². The summed E-state index contributed by atoms with van der Waals surface area (Å²) in [6.45, 7) is 4.95. The maximum Gasteiger partial charge on any atom is 0.305 e. The highest BCUT2D eigenvalue weighted by Gasteiger charge is 2.20. The molecule has 0 spiro atoms. The molecule has 460 valence electrons. The molecule has 0 radical (unpaired) electrons. The van der Waals surface area contributed by atoms with Crippen LogP contribution in [0, 0.1) is 0 Å². The summed E-state index contributed by atoms with van der Waals surface area (Å²) in [5.74, 6) is -0.0187. The highest BCUT2D eigenvalue weighted by Crippen LogP contribution is 2.18. The van der Waals surface area contributed by atoms with Crippen LogP contribution in [-0.4, -0.2) is 47.4 Å². The Morgan fingerprint density at radius 3 is 1.01 bits per heavy atom. The summed E-state index contributed by atoms with van der Waals surface area (Å²) >= 11 is 0. The summed E-state index contributed by atoms with van der Waals surface area (Å²) in [4.78, 5) is 24.6. The van der Waals surface area contributed by atoms with Gasteiger partial charge in [0.2, 0.25) is 5.91 Å². The molecule has 0 aromatic rings. The Hall–Kier alpha value is -1.92. The lowest BCUT2D eigenvalue weighted by Crippen LogP contribution is -2.45. The molecule has 0 aromatic carbocycles. The maximum absolute atomic E-state index is 12.5. The Bertz CT molecular complexity index is 1260. The third-order valence-corrected chi connectivity index (χ3v) is 16.4. The van der Waals surface area contributed by atoms with Crippen molar-refractivity contribution in [1.82, 2.24) is 5.32 Å². The van der Waals surface area contributed by atoms with Crippen LogP contribution < -0.4 is 5.32 Å². The van der Waals surface area contributed by atoms with Crippen molar-refractivity contribution in [2.75, 3.05) is 13.2 Å².